The summed E-state index contributed by atoms with van der Waals surface area (Å²) < 4.78 is 5.48. The van der Waals surface area contributed by atoms with Crippen molar-refractivity contribution in [3.05, 3.63) is 12.2 Å². The second-order valence-electron chi connectivity index (χ2n) is 19.3. The largest absolute Gasteiger partial charge is 0.466 e. The van der Waals surface area contributed by atoms with Gasteiger partial charge in [-0.2, -0.15) is 0 Å². The maximum atomic E-state index is 12.4. The number of rotatable bonds is 52. The Balaban J connectivity index is 3.43. The Morgan fingerprint density at radius 1 is 0.435 bits per heavy atom. The number of carbonyl (C=O) groups excluding carboxylic acids is 2. The molecule has 0 aliphatic heterocycles. The molecule has 2 atom stereocenters. The van der Waals surface area contributed by atoms with E-state index in [1.807, 2.05) is 6.08 Å². The van der Waals surface area contributed by atoms with E-state index in [4.69, 9.17) is 4.74 Å². The van der Waals surface area contributed by atoms with Crippen LogP contribution in [0.1, 0.15) is 309 Å². The quantitative estimate of drug-likeness (QED) is 0.0321. The summed E-state index contributed by atoms with van der Waals surface area (Å²) in [7, 11) is 0. The van der Waals surface area contributed by atoms with Crippen molar-refractivity contribution in [2.45, 2.75) is 321 Å². The Labute approximate surface area is 387 Å². The highest BCUT2D eigenvalue weighted by Crippen LogP contribution is 2.17. The predicted molar refractivity (Wildman–Crippen MR) is 269 cm³/mol. The van der Waals surface area contributed by atoms with Gasteiger partial charge in [0, 0.05) is 12.8 Å². The van der Waals surface area contributed by atoms with Crippen LogP contribution in [-0.4, -0.2) is 47.4 Å². The Hall–Kier alpha value is -1.40. The Morgan fingerprint density at radius 3 is 1.10 bits per heavy atom. The molecule has 0 radical (unpaired) electrons. The normalized spacial score (nSPS) is 12.6. The van der Waals surface area contributed by atoms with E-state index in [0.717, 1.165) is 44.9 Å². The molecule has 0 aliphatic carbocycles. The highest BCUT2D eigenvalue weighted by molar-refractivity contribution is 5.76. The van der Waals surface area contributed by atoms with Crippen LogP contribution in [0.3, 0.4) is 0 Å². The molecule has 0 fully saturated rings. The van der Waals surface area contributed by atoms with Crippen LogP contribution in [0.25, 0.3) is 0 Å². The van der Waals surface area contributed by atoms with E-state index in [9.17, 15) is 19.8 Å². The van der Waals surface area contributed by atoms with Gasteiger partial charge in [0.1, 0.15) is 0 Å². The van der Waals surface area contributed by atoms with Crippen LogP contribution in [0, 0.1) is 0 Å². The third-order valence-corrected chi connectivity index (χ3v) is 13.1. The van der Waals surface area contributed by atoms with Gasteiger partial charge in [0.25, 0.3) is 0 Å². The summed E-state index contributed by atoms with van der Waals surface area (Å²) in [6, 6.07) is -0.631. The van der Waals surface area contributed by atoms with E-state index in [-0.39, 0.29) is 18.5 Å². The van der Waals surface area contributed by atoms with Crippen molar-refractivity contribution in [3.8, 4) is 0 Å². The summed E-state index contributed by atoms with van der Waals surface area (Å²) in [4.78, 5) is 24.5. The number of esters is 1. The zero-order valence-electron chi connectivity index (χ0n) is 41.9. The highest BCUT2D eigenvalue weighted by Gasteiger charge is 2.18. The highest BCUT2D eigenvalue weighted by atomic mass is 16.5. The Morgan fingerprint density at radius 2 is 0.742 bits per heavy atom. The molecule has 0 saturated carbocycles. The van der Waals surface area contributed by atoms with E-state index in [2.05, 4.69) is 19.2 Å². The van der Waals surface area contributed by atoms with E-state index in [1.165, 1.54) is 238 Å². The number of allylic oxidation sites excluding steroid dienone is 1. The van der Waals surface area contributed by atoms with Gasteiger partial charge in [-0.25, -0.2) is 0 Å². The number of aliphatic hydroxyl groups is 2. The first-order chi connectivity index (χ1) is 30.5. The van der Waals surface area contributed by atoms with Gasteiger partial charge in [-0.15, -0.1) is 0 Å². The number of aliphatic hydroxyl groups excluding tert-OH is 2. The number of ether oxygens (including phenoxy) is 1. The van der Waals surface area contributed by atoms with E-state index in [0.29, 0.717) is 19.4 Å². The average molecular weight is 876 g/mol. The first-order valence-corrected chi connectivity index (χ1v) is 28.0. The maximum absolute atomic E-state index is 12.4. The van der Waals surface area contributed by atoms with Gasteiger partial charge in [0.2, 0.25) is 5.91 Å². The molecule has 6 nitrogen and oxygen atoms in total. The van der Waals surface area contributed by atoms with Gasteiger partial charge < -0.3 is 20.3 Å². The third-order valence-electron chi connectivity index (χ3n) is 13.1. The molecule has 0 aliphatic rings. The zero-order chi connectivity index (χ0) is 45.1. The van der Waals surface area contributed by atoms with Gasteiger partial charge in [-0.05, 0) is 32.1 Å². The summed E-state index contributed by atoms with van der Waals surface area (Å²) in [5, 5.41) is 23.1. The number of amides is 1. The molecule has 0 rings (SSSR count). The number of nitrogens with one attached hydrogen (secondary N) is 1. The van der Waals surface area contributed by atoms with Crippen LogP contribution >= 0.6 is 0 Å². The minimum Gasteiger partial charge on any atom is -0.466 e. The SMILES string of the molecule is CCCCCCCCCCCCCC/C=C/C(O)C(CO)NC(=O)CCCCCCCCCCCCCCCCCCOC(=O)CCCCCCCCCCCCCCCCC. The lowest BCUT2D eigenvalue weighted by Crippen LogP contribution is -2.45. The van der Waals surface area contributed by atoms with Crippen LogP contribution in [0.15, 0.2) is 12.2 Å². The van der Waals surface area contributed by atoms with Crippen molar-refractivity contribution in [1.82, 2.24) is 5.32 Å². The van der Waals surface area contributed by atoms with Crippen molar-refractivity contribution in [2.24, 2.45) is 0 Å². The second kappa shape index (κ2) is 52.2. The van der Waals surface area contributed by atoms with Crippen molar-refractivity contribution < 1.29 is 24.5 Å². The molecule has 3 N–H and O–H groups in total. The number of hydrogen-bond donors (Lipinski definition) is 3. The van der Waals surface area contributed by atoms with Gasteiger partial charge in [0.15, 0.2) is 0 Å². The summed E-state index contributed by atoms with van der Waals surface area (Å²) in [5.41, 5.74) is 0. The molecule has 0 spiro atoms. The molecule has 0 bridgehead atoms. The van der Waals surface area contributed by atoms with Crippen molar-refractivity contribution in [1.29, 1.82) is 0 Å². The minimum absolute atomic E-state index is 0.00536. The molecule has 0 aromatic heterocycles. The van der Waals surface area contributed by atoms with Crippen LogP contribution in [-0.2, 0) is 14.3 Å². The molecule has 368 valence electrons. The topological polar surface area (TPSA) is 95.9 Å². The molecular weight excluding hydrogens is 767 g/mol. The van der Waals surface area contributed by atoms with Crippen LogP contribution in [0.5, 0.6) is 0 Å². The fourth-order valence-electron chi connectivity index (χ4n) is 8.75. The minimum atomic E-state index is -0.847. The lowest BCUT2D eigenvalue weighted by molar-refractivity contribution is -0.143. The first kappa shape index (κ1) is 60.6. The van der Waals surface area contributed by atoms with Crippen molar-refractivity contribution in [2.75, 3.05) is 13.2 Å². The van der Waals surface area contributed by atoms with E-state index in [1.54, 1.807) is 6.08 Å². The third kappa shape index (κ3) is 48.1. The summed E-state index contributed by atoms with van der Waals surface area (Å²) in [6.07, 6.45) is 60.8. The first-order valence-electron chi connectivity index (χ1n) is 28.0. The van der Waals surface area contributed by atoms with Crippen molar-refractivity contribution in [3.63, 3.8) is 0 Å². The molecule has 6 heteroatoms. The van der Waals surface area contributed by atoms with Gasteiger partial charge in [-0.1, -0.05) is 276 Å². The van der Waals surface area contributed by atoms with Crippen molar-refractivity contribution >= 4 is 11.9 Å². The van der Waals surface area contributed by atoms with Gasteiger partial charge in [-0.3, -0.25) is 9.59 Å². The van der Waals surface area contributed by atoms with Gasteiger partial charge in [0.05, 0.1) is 25.4 Å². The lowest BCUT2D eigenvalue weighted by Gasteiger charge is -2.20. The van der Waals surface area contributed by atoms with Crippen LogP contribution in [0.4, 0.5) is 0 Å². The van der Waals surface area contributed by atoms with E-state index >= 15 is 0 Å². The standard InChI is InChI=1S/C56H109NO5/c1-3-5-7-9-11-13-15-17-21-26-30-34-38-42-46-50-56(61)62-51-47-43-39-35-31-27-23-20-19-22-25-29-33-37-41-45-49-55(60)57-53(52-58)54(59)48-44-40-36-32-28-24-18-16-14-12-10-8-6-4-2/h44,48,53-54,58-59H,3-43,45-47,49-52H2,1-2H3,(H,57,60)/b48-44+. The second-order valence-corrected chi connectivity index (χ2v) is 19.3. The summed E-state index contributed by atoms with van der Waals surface area (Å²) in [5.74, 6) is -0.0680. The average Bonchev–Trinajstić information content (AvgIpc) is 3.27. The molecule has 0 saturated heterocycles. The molecule has 0 aromatic rings. The molecule has 1 amide bonds. The molecule has 62 heavy (non-hydrogen) atoms. The number of carbonyl (C=O) groups is 2. The van der Waals surface area contributed by atoms with Crippen LogP contribution < -0.4 is 5.32 Å². The smallest absolute Gasteiger partial charge is 0.305 e. The lowest BCUT2D eigenvalue weighted by atomic mass is 10.0. The Kier molecular flexibility index (Phi) is 51.0. The van der Waals surface area contributed by atoms with E-state index < -0.39 is 12.1 Å². The zero-order valence-corrected chi connectivity index (χ0v) is 41.9. The molecule has 0 heterocycles. The van der Waals surface area contributed by atoms with Gasteiger partial charge >= 0.3 is 5.97 Å². The molecule has 2 unspecified atom stereocenters. The predicted octanol–water partition coefficient (Wildman–Crippen LogP) is 16.9. The Bertz CT molecular complexity index is 924. The fourth-order valence-corrected chi connectivity index (χ4v) is 8.75. The monoisotopic (exact) mass is 876 g/mol. The molecule has 0 aromatic carbocycles. The maximum Gasteiger partial charge on any atom is 0.305 e. The number of hydrogen-bond acceptors (Lipinski definition) is 5. The van der Waals surface area contributed by atoms with Crippen LogP contribution in [0.2, 0.25) is 0 Å². The summed E-state index contributed by atoms with van der Waals surface area (Å²) >= 11 is 0. The number of unbranched alkanes of at least 4 members (excludes halogenated alkanes) is 41. The summed E-state index contributed by atoms with van der Waals surface area (Å²) in [6.45, 7) is 4.90. The fraction of sp³-hybridized carbons (Fsp3) is 0.929. The molecular formula is C56H109NO5.